The van der Waals surface area contributed by atoms with Crippen LogP contribution in [0.25, 0.3) is 11.3 Å². The van der Waals surface area contributed by atoms with Crippen molar-refractivity contribution in [3.8, 4) is 17.0 Å². The van der Waals surface area contributed by atoms with E-state index in [-0.39, 0.29) is 0 Å². The number of anilines is 1. The summed E-state index contributed by atoms with van der Waals surface area (Å²) in [6.45, 7) is 4.44. The molecule has 0 unspecified atom stereocenters. The van der Waals surface area contributed by atoms with Crippen LogP contribution in [0.2, 0.25) is 0 Å². The van der Waals surface area contributed by atoms with Crippen LogP contribution in [0.4, 0.5) is 5.82 Å². The molecule has 4 heteroatoms. The van der Waals surface area contributed by atoms with Gasteiger partial charge in [0.2, 0.25) is 0 Å². The predicted octanol–water partition coefficient (Wildman–Crippen LogP) is 3.39. The van der Waals surface area contributed by atoms with Gasteiger partial charge in [-0.3, -0.25) is 0 Å². The summed E-state index contributed by atoms with van der Waals surface area (Å²) in [6, 6.07) is 8.43. The Balaban J connectivity index is 2.46. The van der Waals surface area contributed by atoms with E-state index in [1.54, 1.807) is 13.4 Å². The predicted molar refractivity (Wildman–Crippen MR) is 82.1 cm³/mol. The van der Waals surface area contributed by atoms with E-state index >= 15 is 0 Å². The summed E-state index contributed by atoms with van der Waals surface area (Å²) in [5.74, 6) is 2.01. The van der Waals surface area contributed by atoms with Gasteiger partial charge in [-0.05, 0) is 24.0 Å². The molecule has 0 atom stereocenters. The summed E-state index contributed by atoms with van der Waals surface area (Å²) in [7, 11) is 3.46. The first-order valence-corrected chi connectivity index (χ1v) is 6.81. The lowest BCUT2D eigenvalue weighted by atomic mass is 10.00. The second-order valence-corrected chi connectivity index (χ2v) is 5.15. The number of ether oxygens (including phenoxy) is 1. The molecule has 0 amide bonds. The number of methoxy groups -OCH3 is 1. The summed E-state index contributed by atoms with van der Waals surface area (Å²) < 4.78 is 5.46. The highest BCUT2D eigenvalue weighted by atomic mass is 16.5. The third-order valence-corrected chi connectivity index (χ3v) is 3.09. The lowest BCUT2D eigenvalue weighted by molar-refractivity contribution is 0.415. The number of nitrogens with one attached hydrogen (secondary N) is 1. The summed E-state index contributed by atoms with van der Waals surface area (Å²) in [4.78, 5) is 8.55. The van der Waals surface area contributed by atoms with Gasteiger partial charge in [0.1, 0.15) is 12.0 Å². The highest BCUT2D eigenvalue weighted by Crippen LogP contribution is 2.33. The Labute approximate surface area is 120 Å². The van der Waals surface area contributed by atoms with E-state index in [2.05, 4.69) is 47.3 Å². The van der Waals surface area contributed by atoms with Gasteiger partial charge in [-0.2, -0.15) is 0 Å². The van der Waals surface area contributed by atoms with Crippen molar-refractivity contribution < 1.29 is 4.74 Å². The van der Waals surface area contributed by atoms with Gasteiger partial charge in [0.25, 0.3) is 0 Å². The molecule has 0 aliphatic carbocycles. The molecule has 0 aliphatic heterocycles. The van der Waals surface area contributed by atoms with Crippen molar-refractivity contribution in [3.05, 3.63) is 36.2 Å². The molecule has 0 saturated heterocycles. The van der Waals surface area contributed by atoms with E-state index in [1.807, 2.05) is 13.1 Å². The van der Waals surface area contributed by atoms with Crippen LogP contribution in [0.1, 0.15) is 19.4 Å². The van der Waals surface area contributed by atoms with Crippen LogP contribution in [-0.2, 0) is 6.42 Å². The summed E-state index contributed by atoms with van der Waals surface area (Å²) >= 11 is 0. The maximum atomic E-state index is 5.46. The number of rotatable bonds is 5. The molecule has 2 aromatic rings. The van der Waals surface area contributed by atoms with Crippen molar-refractivity contribution in [1.82, 2.24) is 9.97 Å². The SMILES string of the molecule is CNc1ncnc(-c2cccc(CC(C)C)c2)c1OC. The molecule has 1 N–H and O–H groups in total. The normalized spacial score (nSPS) is 10.7. The van der Waals surface area contributed by atoms with Crippen LogP contribution >= 0.6 is 0 Å². The lowest BCUT2D eigenvalue weighted by Gasteiger charge is -2.12. The third kappa shape index (κ3) is 3.07. The molecule has 0 fully saturated rings. The van der Waals surface area contributed by atoms with E-state index in [4.69, 9.17) is 4.74 Å². The Morgan fingerprint density at radius 1 is 1.25 bits per heavy atom. The van der Waals surface area contributed by atoms with Crippen LogP contribution in [0.3, 0.4) is 0 Å². The number of hydrogen-bond acceptors (Lipinski definition) is 4. The largest absolute Gasteiger partial charge is 0.491 e. The number of aromatic nitrogens is 2. The molecule has 2 rings (SSSR count). The van der Waals surface area contributed by atoms with Gasteiger partial charge in [-0.15, -0.1) is 0 Å². The minimum Gasteiger partial charge on any atom is -0.491 e. The van der Waals surface area contributed by atoms with E-state index in [0.29, 0.717) is 17.5 Å². The van der Waals surface area contributed by atoms with Crippen molar-refractivity contribution in [3.63, 3.8) is 0 Å². The van der Waals surface area contributed by atoms with E-state index in [1.165, 1.54) is 5.56 Å². The van der Waals surface area contributed by atoms with Crippen molar-refractivity contribution >= 4 is 5.82 Å². The van der Waals surface area contributed by atoms with E-state index < -0.39 is 0 Å². The van der Waals surface area contributed by atoms with Crippen LogP contribution in [0.5, 0.6) is 5.75 Å². The summed E-state index contributed by atoms with van der Waals surface area (Å²) in [5.41, 5.74) is 3.18. The molecule has 4 nitrogen and oxygen atoms in total. The molecule has 0 bridgehead atoms. The Kier molecular flexibility index (Phi) is 4.56. The Hall–Kier alpha value is -2.10. The maximum Gasteiger partial charge on any atom is 0.187 e. The van der Waals surface area contributed by atoms with Crippen LogP contribution in [0.15, 0.2) is 30.6 Å². The smallest absolute Gasteiger partial charge is 0.187 e. The first kappa shape index (κ1) is 14.3. The lowest BCUT2D eigenvalue weighted by Crippen LogP contribution is -2.01. The third-order valence-electron chi connectivity index (χ3n) is 3.09. The van der Waals surface area contributed by atoms with Gasteiger partial charge in [0, 0.05) is 12.6 Å². The van der Waals surface area contributed by atoms with E-state index in [9.17, 15) is 0 Å². The molecular weight excluding hydrogens is 250 g/mol. The minimum atomic E-state index is 0.630. The second kappa shape index (κ2) is 6.37. The van der Waals surface area contributed by atoms with Crippen molar-refractivity contribution in [2.45, 2.75) is 20.3 Å². The first-order valence-electron chi connectivity index (χ1n) is 6.81. The van der Waals surface area contributed by atoms with Gasteiger partial charge in [0.05, 0.1) is 7.11 Å². The van der Waals surface area contributed by atoms with Crippen molar-refractivity contribution in [2.24, 2.45) is 5.92 Å². The Morgan fingerprint density at radius 2 is 2.05 bits per heavy atom. The summed E-state index contributed by atoms with van der Waals surface area (Å²) in [5, 5.41) is 3.03. The van der Waals surface area contributed by atoms with Gasteiger partial charge in [0.15, 0.2) is 11.6 Å². The fourth-order valence-electron chi connectivity index (χ4n) is 2.27. The van der Waals surface area contributed by atoms with Crippen molar-refractivity contribution in [2.75, 3.05) is 19.5 Å². The molecule has 0 spiro atoms. The molecule has 0 aliphatic rings. The molecule has 0 radical (unpaired) electrons. The average molecular weight is 271 g/mol. The quantitative estimate of drug-likeness (QED) is 0.905. The second-order valence-electron chi connectivity index (χ2n) is 5.15. The van der Waals surface area contributed by atoms with Crippen LogP contribution < -0.4 is 10.1 Å². The molecule has 0 saturated carbocycles. The van der Waals surface area contributed by atoms with E-state index in [0.717, 1.165) is 17.7 Å². The van der Waals surface area contributed by atoms with Crippen molar-refractivity contribution in [1.29, 1.82) is 0 Å². The highest BCUT2D eigenvalue weighted by molar-refractivity contribution is 5.72. The molecule has 1 aromatic heterocycles. The zero-order valence-corrected chi connectivity index (χ0v) is 12.5. The summed E-state index contributed by atoms with van der Waals surface area (Å²) in [6.07, 6.45) is 2.61. The fourth-order valence-corrected chi connectivity index (χ4v) is 2.27. The first-order chi connectivity index (χ1) is 9.65. The van der Waals surface area contributed by atoms with Crippen LogP contribution in [0, 0.1) is 5.92 Å². The molecule has 1 aromatic carbocycles. The van der Waals surface area contributed by atoms with Gasteiger partial charge in [-0.1, -0.05) is 32.0 Å². The fraction of sp³-hybridized carbons (Fsp3) is 0.375. The molecule has 20 heavy (non-hydrogen) atoms. The standard InChI is InChI=1S/C16H21N3O/c1-11(2)8-12-6-5-7-13(9-12)14-15(20-4)16(17-3)19-10-18-14/h5-7,9-11H,8H2,1-4H3,(H,17,18,19). The topological polar surface area (TPSA) is 47.0 Å². The van der Waals surface area contributed by atoms with Crippen LogP contribution in [-0.4, -0.2) is 24.1 Å². The number of nitrogens with zero attached hydrogens (tertiary/aromatic N) is 2. The Bertz CT molecular complexity index is 582. The minimum absolute atomic E-state index is 0.630. The van der Waals surface area contributed by atoms with Gasteiger partial charge in [-0.25, -0.2) is 9.97 Å². The monoisotopic (exact) mass is 271 g/mol. The average Bonchev–Trinajstić information content (AvgIpc) is 2.45. The maximum absolute atomic E-state index is 5.46. The highest BCUT2D eigenvalue weighted by Gasteiger charge is 2.13. The number of hydrogen-bond donors (Lipinski definition) is 1. The van der Waals surface area contributed by atoms with Gasteiger partial charge < -0.3 is 10.1 Å². The zero-order chi connectivity index (χ0) is 14.5. The molecule has 1 heterocycles. The Morgan fingerprint density at radius 3 is 2.70 bits per heavy atom. The zero-order valence-electron chi connectivity index (χ0n) is 12.5. The molecule has 106 valence electrons. The molecular formula is C16H21N3O. The number of benzene rings is 1. The van der Waals surface area contributed by atoms with Gasteiger partial charge >= 0.3 is 0 Å².